The summed E-state index contributed by atoms with van der Waals surface area (Å²) in [6.45, 7) is 4.26. The third-order valence-corrected chi connectivity index (χ3v) is 4.11. The molecule has 0 aromatic heterocycles. The molecule has 0 bridgehead atoms. The van der Waals surface area contributed by atoms with Crippen molar-refractivity contribution in [2.45, 2.75) is 39.0 Å². The summed E-state index contributed by atoms with van der Waals surface area (Å²) in [5.74, 6) is 1.74. The first kappa shape index (κ1) is 15.7. The van der Waals surface area contributed by atoms with E-state index in [0.29, 0.717) is 31.2 Å². The molecule has 1 aliphatic heterocycles. The van der Waals surface area contributed by atoms with Gasteiger partial charge in [0.15, 0.2) is 0 Å². The maximum Gasteiger partial charge on any atom is 0.222 e. The van der Waals surface area contributed by atoms with Gasteiger partial charge >= 0.3 is 0 Å². The van der Waals surface area contributed by atoms with E-state index in [1.54, 1.807) is 0 Å². The van der Waals surface area contributed by atoms with E-state index in [-0.39, 0.29) is 5.91 Å². The first-order valence-electron chi connectivity index (χ1n) is 7.95. The van der Waals surface area contributed by atoms with Gasteiger partial charge < -0.3 is 15.4 Å². The van der Waals surface area contributed by atoms with E-state index in [4.69, 9.17) is 10.5 Å². The van der Waals surface area contributed by atoms with Crippen LogP contribution in [0.1, 0.15) is 39.0 Å². The average molecular weight is 290 g/mol. The van der Waals surface area contributed by atoms with Crippen LogP contribution in [-0.4, -0.2) is 30.5 Å². The first-order chi connectivity index (χ1) is 10.2. The molecule has 1 amide bonds. The van der Waals surface area contributed by atoms with Crippen LogP contribution in [-0.2, 0) is 4.79 Å². The van der Waals surface area contributed by atoms with Gasteiger partial charge in [-0.15, -0.1) is 0 Å². The summed E-state index contributed by atoms with van der Waals surface area (Å²) in [6.07, 6.45) is 5.29. The lowest BCUT2D eigenvalue weighted by Gasteiger charge is -2.21. The highest BCUT2D eigenvalue weighted by Gasteiger charge is 2.21. The van der Waals surface area contributed by atoms with Crippen molar-refractivity contribution in [1.29, 1.82) is 0 Å². The maximum absolute atomic E-state index is 12.1. The second kappa shape index (κ2) is 7.91. The number of carbonyl (C=O) groups is 1. The third kappa shape index (κ3) is 4.96. The molecule has 1 saturated heterocycles. The van der Waals surface area contributed by atoms with Crippen LogP contribution in [0.15, 0.2) is 24.3 Å². The van der Waals surface area contributed by atoms with Crippen molar-refractivity contribution >= 4 is 11.6 Å². The van der Waals surface area contributed by atoms with E-state index in [9.17, 15) is 4.79 Å². The lowest BCUT2D eigenvalue weighted by molar-refractivity contribution is -0.131. The van der Waals surface area contributed by atoms with Crippen molar-refractivity contribution in [3.05, 3.63) is 24.3 Å². The van der Waals surface area contributed by atoms with Crippen molar-refractivity contribution in [3.8, 4) is 5.75 Å². The number of likely N-dealkylation sites (tertiary alicyclic amines) is 1. The Labute approximate surface area is 127 Å². The number of nitrogen functional groups attached to an aromatic ring is 1. The predicted octanol–water partition coefficient (Wildman–Crippen LogP) is 3.08. The van der Waals surface area contributed by atoms with Gasteiger partial charge in [0.2, 0.25) is 5.91 Å². The van der Waals surface area contributed by atoms with Gasteiger partial charge in [-0.3, -0.25) is 4.79 Å². The summed E-state index contributed by atoms with van der Waals surface area (Å²) in [4.78, 5) is 14.1. The van der Waals surface area contributed by atoms with E-state index in [1.165, 1.54) is 12.8 Å². The topological polar surface area (TPSA) is 55.6 Å². The van der Waals surface area contributed by atoms with Crippen LogP contribution in [0.3, 0.4) is 0 Å². The normalized spacial score (nSPS) is 19.4. The number of hydrogen-bond acceptors (Lipinski definition) is 3. The number of anilines is 1. The van der Waals surface area contributed by atoms with Crippen LogP contribution >= 0.6 is 0 Å². The fourth-order valence-electron chi connectivity index (χ4n) is 2.90. The molecule has 1 atom stereocenters. The summed E-state index contributed by atoms with van der Waals surface area (Å²) < 4.78 is 5.68. The molecule has 2 rings (SSSR count). The monoisotopic (exact) mass is 290 g/mol. The third-order valence-electron chi connectivity index (χ3n) is 4.11. The summed E-state index contributed by atoms with van der Waals surface area (Å²) in [6, 6.07) is 7.40. The van der Waals surface area contributed by atoms with Gasteiger partial charge in [0, 0.05) is 24.7 Å². The Morgan fingerprint density at radius 1 is 1.38 bits per heavy atom. The molecule has 1 fully saturated rings. The number of benzene rings is 1. The molecular formula is C17H26N2O2. The Balaban J connectivity index is 1.78. The Morgan fingerprint density at radius 2 is 2.24 bits per heavy atom. The van der Waals surface area contributed by atoms with E-state index >= 15 is 0 Å². The van der Waals surface area contributed by atoms with E-state index in [2.05, 4.69) is 6.92 Å². The van der Waals surface area contributed by atoms with Gasteiger partial charge in [-0.2, -0.15) is 0 Å². The molecule has 4 nitrogen and oxygen atoms in total. The summed E-state index contributed by atoms with van der Waals surface area (Å²) >= 11 is 0. The summed E-state index contributed by atoms with van der Waals surface area (Å²) in [7, 11) is 0. The van der Waals surface area contributed by atoms with Gasteiger partial charge in [0.1, 0.15) is 12.4 Å². The Morgan fingerprint density at radius 3 is 3.00 bits per heavy atom. The molecule has 1 aromatic carbocycles. The number of nitrogens with zero attached hydrogens (tertiary/aromatic N) is 1. The zero-order chi connectivity index (χ0) is 15.1. The number of amides is 1. The molecule has 1 heterocycles. The molecule has 0 saturated carbocycles. The lowest BCUT2D eigenvalue weighted by atomic mass is 9.96. The largest absolute Gasteiger partial charge is 0.492 e. The van der Waals surface area contributed by atoms with Crippen molar-refractivity contribution < 1.29 is 9.53 Å². The SMILES string of the molecule is CCCC1CCC(=O)N(CCOc2cccc(N)c2)CC1. The Bertz CT molecular complexity index is 462. The zero-order valence-electron chi connectivity index (χ0n) is 12.9. The van der Waals surface area contributed by atoms with Gasteiger partial charge in [-0.05, 0) is 30.9 Å². The van der Waals surface area contributed by atoms with E-state index in [1.807, 2.05) is 29.2 Å². The highest BCUT2D eigenvalue weighted by atomic mass is 16.5. The van der Waals surface area contributed by atoms with Gasteiger partial charge in [0.05, 0.1) is 6.54 Å². The Hall–Kier alpha value is -1.71. The van der Waals surface area contributed by atoms with Crippen LogP contribution in [0.2, 0.25) is 0 Å². The number of hydrogen-bond donors (Lipinski definition) is 1. The highest BCUT2D eigenvalue weighted by molar-refractivity contribution is 5.76. The van der Waals surface area contributed by atoms with E-state index in [0.717, 1.165) is 25.1 Å². The number of ether oxygens (including phenoxy) is 1. The van der Waals surface area contributed by atoms with Crippen molar-refractivity contribution in [2.24, 2.45) is 5.92 Å². The predicted molar refractivity (Wildman–Crippen MR) is 85.2 cm³/mol. The van der Waals surface area contributed by atoms with Crippen LogP contribution in [0.25, 0.3) is 0 Å². The second-order valence-corrected chi connectivity index (χ2v) is 5.78. The number of nitrogens with two attached hydrogens (primary N) is 1. The minimum Gasteiger partial charge on any atom is -0.492 e. The molecule has 4 heteroatoms. The maximum atomic E-state index is 12.1. The molecule has 1 aromatic rings. The number of carbonyl (C=O) groups excluding carboxylic acids is 1. The lowest BCUT2D eigenvalue weighted by Crippen LogP contribution is -2.34. The van der Waals surface area contributed by atoms with Crippen LogP contribution in [0.4, 0.5) is 5.69 Å². The highest BCUT2D eigenvalue weighted by Crippen LogP contribution is 2.22. The Kier molecular flexibility index (Phi) is 5.90. The molecule has 0 aliphatic carbocycles. The minimum atomic E-state index is 0.268. The average Bonchev–Trinajstić information content (AvgIpc) is 2.63. The van der Waals surface area contributed by atoms with Crippen LogP contribution < -0.4 is 10.5 Å². The molecule has 2 N–H and O–H groups in total. The minimum absolute atomic E-state index is 0.268. The quantitative estimate of drug-likeness (QED) is 0.819. The molecule has 21 heavy (non-hydrogen) atoms. The van der Waals surface area contributed by atoms with Gasteiger partial charge in [0.25, 0.3) is 0 Å². The van der Waals surface area contributed by atoms with Crippen molar-refractivity contribution in [3.63, 3.8) is 0 Å². The fourth-order valence-corrected chi connectivity index (χ4v) is 2.90. The van der Waals surface area contributed by atoms with Crippen molar-refractivity contribution in [1.82, 2.24) is 4.90 Å². The first-order valence-corrected chi connectivity index (χ1v) is 7.95. The molecular weight excluding hydrogens is 264 g/mol. The van der Waals surface area contributed by atoms with Crippen molar-refractivity contribution in [2.75, 3.05) is 25.4 Å². The second-order valence-electron chi connectivity index (χ2n) is 5.78. The van der Waals surface area contributed by atoms with Crippen LogP contribution in [0.5, 0.6) is 5.75 Å². The van der Waals surface area contributed by atoms with Gasteiger partial charge in [-0.25, -0.2) is 0 Å². The number of rotatable bonds is 6. The standard InChI is InChI=1S/C17H26N2O2/c1-2-4-14-7-8-17(20)19(10-9-14)11-12-21-16-6-3-5-15(18)13-16/h3,5-6,13-14H,2,4,7-12,18H2,1H3. The van der Waals surface area contributed by atoms with Crippen LogP contribution in [0, 0.1) is 5.92 Å². The zero-order valence-corrected chi connectivity index (χ0v) is 12.9. The molecule has 0 spiro atoms. The fraction of sp³-hybridized carbons (Fsp3) is 0.588. The molecule has 116 valence electrons. The van der Waals surface area contributed by atoms with Gasteiger partial charge in [-0.1, -0.05) is 25.8 Å². The van der Waals surface area contributed by atoms with E-state index < -0.39 is 0 Å². The summed E-state index contributed by atoms with van der Waals surface area (Å²) in [5, 5.41) is 0. The molecule has 1 aliphatic rings. The molecule has 1 unspecified atom stereocenters. The molecule has 0 radical (unpaired) electrons. The smallest absolute Gasteiger partial charge is 0.222 e. The summed E-state index contributed by atoms with van der Waals surface area (Å²) in [5.41, 5.74) is 6.41.